The number of hydrogen-bond acceptors (Lipinski definition) is 30. The molecule has 1 fully saturated rings. The topological polar surface area (TPSA) is 458 Å². The van der Waals surface area contributed by atoms with Crippen LogP contribution in [0.1, 0.15) is 202 Å². The maximum absolute atomic E-state index is 11.9. The minimum Gasteiger partial charge on any atom is -0.443 e. The molecule has 0 radical (unpaired) electrons. The second-order valence-corrected chi connectivity index (χ2v) is 34.1. The molecule has 0 bridgehead atoms. The van der Waals surface area contributed by atoms with E-state index in [0.717, 1.165) is 16.4 Å². The number of ether oxygens (including phenoxy) is 5. The molecule has 652 valence electrons. The predicted molar refractivity (Wildman–Crippen MR) is 464 cm³/mol. The molecule has 5 amide bonds. The first kappa shape index (κ1) is 100. The number of nitrogens with zero attached hydrogens (tertiary/aromatic N) is 5. The fraction of sp³-hybridized carbons (Fsp3) is 0.500. The molecule has 35 nitrogen and oxygen atoms in total. The zero-order chi connectivity index (χ0) is 88.1. The van der Waals surface area contributed by atoms with Crippen molar-refractivity contribution >= 4 is 179 Å². The van der Waals surface area contributed by atoms with Gasteiger partial charge in [0.2, 0.25) is 0 Å². The number of hydrogen-bond donors (Lipinski definition) is 9. The number of benzene rings is 5. The third-order valence-electron chi connectivity index (χ3n) is 15.3. The predicted octanol–water partition coefficient (Wildman–Crippen LogP) is 13.9. The van der Waals surface area contributed by atoms with Gasteiger partial charge in [0.1, 0.15) is 55.6 Å². The maximum Gasteiger partial charge on any atom is 0.494 e. The van der Waals surface area contributed by atoms with Crippen molar-refractivity contribution in [1.29, 1.82) is 0 Å². The molecule has 11 rings (SSSR count). The Hall–Kier alpha value is -10.3. The summed E-state index contributed by atoms with van der Waals surface area (Å²) in [4.78, 5) is 79.5. The summed E-state index contributed by atoms with van der Waals surface area (Å²) in [7, 11) is -4.67. The summed E-state index contributed by atoms with van der Waals surface area (Å²) in [5.74, 6) is 0. The zero-order valence-electron chi connectivity index (χ0n) is 72.0. The van der Waals surface area contributed by atoms with Crippen molar-refractivity contribution in [2.75, 3.05) is 26.6 Å². The molecule has 5 aromatic carbocycles. The van der Waals surface area contributed by atoms with Gasteiger partial charge in [-0.05, 0) is 275 Å². The number of anilines is 5. The molecule has 0 aliphatic carbocycles. The average Bonchev–Trinajstić information content (AvgIpc) is 1.61. The number of carbonyl (C=O) groups is 5. The SMILES string of the molecule is C.C.CC(C)(C)OC(=O)Nc1nc2cc(B(O)O)ccc2o1.CC(C)(C)OC(=O)Nc1nc2ccc(B(O)O)cc2o1.CC(C)(C)OC(=O)Nc1nc2ccc(B3OC(C)(C)C(C)(C)O3)cc2o1.CC(C)OB(OC(C)C)c1ccc2nc(NC(=O)OC(C)(C)C)oc2c1.CC(C)OB(OC(C)C)c1ccc2oc(NC(=O)OC(C)(C)C)nc2c1. The molecule has 0 saturated carbocycles. The third-order valence-corrected chi connectivity index (χ3v) is 15.3. The van der Waals surface area contributed by atoms with Gasteiger partial charge in [0.15, 0.2) is 27.9 Å². The number of carbonyl (C=O) groups excluding carboxylic acids is 5. The summed E-state index contributed by atoms with van der Waals surface area (Å²) in [5, 5.41) is 48.5. The first-order chi connectivity index (χ1) is 54.4. The van der Waals surface area contributed by atoms with Crippen LogP contribution in [0.2, 0.25) is 0 Å². The van der Waals surface area contributed by atoms with E-state index in [1.165, 1.54) is 30.3 Å². The molecular weight excluding hydrogens is 1550 g/mol. The number of nitrogens with one attached hydrogen (secondary N) is 5. The Morgan fingerprint density at radius 3 is 0.875 bits per heavy atom. The second kappa shape index (κ2) is 41.3. The van der Waals surface area contributed by atoms with Gasteiger partial charge < -0.3 is 93.8 Å². The summed E-state index contributed by atoms with van der Waals surface area (Å²) in [5.41, 5.74) is 4.25. The largest absolute Gasteiger partial charge is 0.494 e. The van der Waals surface area contributed by atoms with E-state index in [0.29, 0.717) is 55.5 Å². The van der Waals surface area contributed by atoms with E-state index in [-0.39, 0.29) is 80.3 Å². The van der Waals surface area contributed by atoms with Crippen LogP contribution >= 0.6 is 0 Å². The fourth-order valence-electron chi connectivity index (χ4n) is 10.0. The monoisotopic (exact) mass is 1670 g/mol. The van der Waals surface area contributed by atoms with Crippen LogP contribution in [-0.2, 0) is 51.6 Å². The van der Waals surface area contributed by atoms with Crippen molar-refractivity contribution in [1.82, 2.24) is 24.9 Å². The minimum atomic E-state index is -1.59. The highest BCUT2D eigenvalue weighted by Crippen LogP contribution is 2.37. The summed E-state index contributed by atoms with van der Waals surface area (Å²) >= 11 is 0. The Morgan fingerprint density at radius 1 is 0.342 bits per heavy atom. The molecule has 120 heavy (non-hydrogen) atoms. The van der Waals surface area contributed by atoms with E-state index in [1.807, 2.05) is 113 Å². The Morgan fingerprint density at radius 2 is 0.575 bits per heavy atom. The molecule has 1 aliphatic heterocycles. The standard InChI is InChI=1S/C18H25BN2O5.2C18H27BN2O5.2C12H15BN2O5.2CH4/c1-16(2,3)24-15(22)21-14-20-12-9-8-11(10-13(12)23-14)19-25-17(4,5)18(6,7)26-19;1-11(2)25-19(26-12(3)4)13-8-9-15-14(10-13)20-16(23-15)21-17(22)24-18(5,6)7;1-11(2)25-19(26-12(3)4)13-8-9-14-15(10-13)23-16(20-14)21-17(22)24-18(5,6)7;1-12(2,3)20-11(16)15-10-14-8-6-7(13(17)18)4-5-9(8)19-10;1-12(2,3)20-11(16)15-10-14-8-5-4-7(13(17)18)6-9(8)19-10;;/h8-10H,1-7H3,(H,20,21,22);2*8-12H,1-7H3,(H,20,21,22);2*4-6,17-18H,1-3H3,(H,14,15,16);2*1H4. The normalized spacial score (nSPS) is 13.1. The molecule has 10 aromatic rings. The van der Waals surface area contributed by atoms with Crippen molar-refractivity contribution in [2.45, 2.75) is 265 Å². The Labute approximate surface area is 701 Å². The van der Waals surface area contributed by atoms with Gasteiger partial charge in [0.25, 0.3) is 0 Å². The van der Waals surface area contributed by atoms with Crippen molar-refractivity contribution < 1.29 is 118 Å². The minimum absolute atomic E-state index is 0. The highest BCUT2D eigenvalue weighted by atomic mass is 16.7. The molecule has 6 heterocycles. The second-order valence-electron chi connectivity index (χ2n) is 34.1. The third kappa shape index (κ3) is 32.4. The van der Waals surface area contributed by atoms with E-state index < -0.39 is 105 Å². The van der Waals surface area contributed by atoms with E-state index in [4.69, 9.17) is 93.8 Å². The number of rotatable bonds is 18. The first-order valence-electron chi connectivity index (χ1n) is 38.1. The van der Waals surface area contributed by atoms with E-state index in [1.54, 1.807) is 134 Å². The maximum atomic E-state index is 11.9. The van der Waals surface area contributed by atoms with Gasteiger partial charge in [-0.25, -0.2) is 50.6 Å². The summed E-state index contributed by atoms with van der Waals surface area (Å²) in [6, 6.07) is 25.7. The van der Waals surface area contributed by atoms with E-state index >= 15 is 0 Å². The summed E-state index contributed by atoms with van der Waals surface area (Å²) < 4.78 is 88.6. The van der Waals surface area contributed by atoms with Gasteiger partial charge in [-0.15, -0.1) is 0 Å². The highest BCUT2D eigenvalue weighted by molar-refractivity contribution is 6.63. The molecule has 5 aromatic heterocycles. The molecule has 1 aliphatic rings. The highest BCUT2D eigenvalue weighted by Gasteiger charge is 2.52. The Kier molecular flexibility index (Phi) is 34.5. The fourth-order valence-corrected chi connectivity index (χ4v) is 10.0. The number of amides is 5. The van der Waals surface area contributed by atoms with Crippen LogP contribution in [0.5, 0.6) is 0 Å². The first-order valence-corrected chi connectivity index (χ1v) is 38.1. The van der Waals surface area contributed by atoms with Crippen LogP contribution in [0.15, 0.2) is 113 Å². The smallest absolute Gasteiger partial charge is 0.443 e. The van der Waals surface area contributed by atoms with Crippen LogP contribution in [0.4, 0.5) is 54.0 Å². The van der Waals surface area contributed by atoms with Crippen molar-refractivity contribution in [2.24, 2.45) is 0 Å². The lowest BCUT2D eigenvalue weighted by Crippen LogP contribution is -2.41. The van der Waals surface area contributed by atoms with Gasteiger partial charge in [0.05, 0.1) is 11.2 Å². The van der Waals surface area contributed by atoms with E-state index in [2.05, 4.69) is 51.5 Å². The van der Waals surface area contributed by atoms with Gasteiger partial charge in [-0.3, -0.25) is 0 Å². The number of oxazole rings is 5. The van der Waals surface area contributed by atoms with Gasteiger partial charge in [0, 0.05) is 24.4 Å². The van der Waals surface area contributed by atoms with Crippen LogP contribution in [0, 0.1) is 0 Å². The Bertz CT molecular complexity index is 4620. The molecule has 1 saturated heterocycles. The quantitative estimate of drug-likeness (QED) is 0.0284. The van der Waals surface area contributed by atoms with Gasteiger partial charge >= 0.3 is 96.1 Å². The van der Waals surface area contributed by atoms with Crippen LogP contribution in [-0.4, -0.2) is 175 Å². The van der Waals surface area contributed by atoms with Crippen LogP contribution in [0.25, 0.3) is 55.5 Å². The van der Waals surface area contributed by atoms with Gasteiger partial charge in [-0.2, -0.15) is 24.9 Å². The molecular formula is C80H117B5N10O25. The van der Waals surface area contributed by atoms with Gasteiger partial charge in [-0.1, -0.05) is 45.2 Å². The molecule has 0 atom stereocenters. The van der Waals surface area contributed by atoms with Crippen molar-refractivity contribution in [3.8, 4) is 0 Å². The zero-order valence-corrected chi connectivity index (χ0v) is 72.0. The molecule has 40 heteroatoms. The lowest BCUT2D eigenvalue weighted by Gasteiger charge is -2.32. The Balaban J connectivity index is 0.000000267. The van der Waals surface area contributed by atoms with Crippen LogP contribution < -0.4 is 53.9 Å². The number of fused-ring (bicyclic) bond motifs is 5. The lowest BCUT2D eigenvalue weighted by molar-refractivity contribution is 0.00578. The molecule has 9 N–H and O–H groups in total. The average molecular weight is 1670 g/mol. The molecule has 0 spiro atoms. The van der Waals surface area contributed by atoms with E-state index in [9.17, 15) is 24.0 Å². The molecule has 0 unspecified atom stereocenters. The van der Waals surface area contributed by atoms with Crippen molar-refractivity contribution in [3.63, 3.8) is 0 Å². The number of aromatic nitrogens is 5. The van der Waals surface area contributed by atoms with Crippen molar-refractivity contribution in [3.05, 3.63) is 91.0 Å². The van der Waals surface area contributed by atoms with Crippen LogP contribution in [0.3, 0.4) is 0 Å². The lowest BCUT2D eigenvalue weighted by atomic mass is 9.78. The summed E-state index contributed by atoms with van der Waals surface area (Å²) in [6.45, 7) is 50.2. The summed E-state index contributed by atoms with van der Waals surface area (Å²) in [6.07, 6.45) is -3.16.